The van der Waals surface area contributed by atoms with E-state index in [9.17, 15) is 0 Å². The van der Waals surface area contributed by atoms with Crippen molar-refractivity contribution in [3.8, 4) is 0 Å². The summed E-state index contributed by atoms with van der Waals surface area (Å²) in [7, 11) is 2.20. The topological polar surface area (TPSA) is 33.5 Å². The standard InChI is InChI=1S/C16H24N4OS/c1-18(7-8-20-6-3-5-17-20)14-15(16-4-2-13-22-16)19-9-11-21-12-10-19/h2-6,13,15H,7-12,14H2,1H3/t15-/m1/s1. The van der Waals surface area contributed by atoms with Gasteiger partial charge in [-0.2, -0.15) is 5.10 Å². The first-order valence-corrected chi connectivity index (χ1v) is 8.72. The molecule has 0 unspecified atom stereocenters. The van der Waals surface area contributed by atoms with E-state index in [1.54, 1.807) is 0 Å². The number of thiophene rings is 1. The van der Waals surface area contributed by atoms with Gasteiger partial charge in [-0.15, -0.1) is 11.3 Å². The van der Waals surface area contributed by atoms with Crippen LogP contribution in [0, 0.1) is 0 Å². The molecule has 2 aromatic rings. The summed E-state index contributed by atoms with van der Waals surface area (Å²) >= 11 is 1.86. The Balaban J connectivity index is 1.59. The molecule has 0 aromatic carbocycles. The minimum Gasteiger partial charge on any atom is -0.379 e. The summed E-state index contributed by atoms with van der Waals surface area (Å²) in [4.78, 5) is 6.41. The van der Waals surface area contributed by atoms with Gasteiger partial charge in [0.15, 0.2) is 0 Å². The number of nitrogens with zero attached hydrogens (tertiary/aromatic N) is 4. The summed E-state index contributed by atoms with van der Waals surface area (Å²) in [6.07, 6.45) is 3.86. The van der Waals surface area contributed by atoms with Crippen molar-refractivity contribution < 1.29 is 4.74 Å². The number of ether oxygens (including phenoxy) is 1. The summed E-state index contributed by atoms with van der Waals surface area (Å²) in [5.74, 6) is 0. The predicted octanol–water partition coefficient (Wildman–Crippen LogP) is 1.95. The van der Waals surface area contributed by atoms with E-state index in [0.29, 0.717) is 6.04 Å². The Morgan fingerprint density at radius 3 is 2.91 bits per heavy atom. The minimum absolute atomic E-state index is 0.464. The van der Waals surface area contributed by atoms with Gasteiger partial charge in [0.1, 0.15) is 0 Å². The first-order chi connectivity index (χ1) is 10.8. The van der Waals surface area contributed by atoms with Crippen molar-refractivity contribution in [2.45, 2.75) is 12.6 Å². The van der Waals surface area contributed by atoms with Gasteiger partial charge >= 0.3 is 0 Å². The third-order valence-corrected chi connectivity index (χ3v) is 5.09. The Morgan fingerprint density at radius 1 is 1.36 bits per heavy atom. The molecule has 0 aliphatic carbocycles. The van der Waals surface area contributed by atoms with Crippen molar-refractivity contribution in [3.63, 3.8) is 0 Å². The van der Waals surface area contributed by atoms with Crippen LogP contribution in [0.1, 0.15) is 10.9 Å². The van der Waals surface area contributed by atoms with Crippen LogP contribution in [0.3, 0.4) is 0 Å². The molecule has 0 spiro atoms. The summed E-state index contributed by atoms with van der Waals surface area (Å²) in [6, 6.07) is 6.84. The molecule has 120 valence electrons. The van der Waals surface area contributed by atoms with E-state index in [1.165, 1.54) is 4.88 Å². The molecule has 0 amide bonds. The van der Waals surface area contributed by atoms with E-state index in [0.717, 1.165) is 45.9 Å². The summed E-state index contributed by atoms with van der Waals surface area (Å²) in [5, 5.41) is 6.45. The molecule has 0 bridgehead atoms. The Labute approximate surface area is 136 Å². The Kier molecular flexibility index (Phi) is 5.61. The van der Waals surface area contributed by atoms with Crippen LogP contribution in [0.4, 0.5) is 0 Å². The van der Waals surface area contributed by atoms with E-state index in [1.807, 2.05) is 34.5 Å². The van der Waals surface area contributed by atoms with Gasteiger partial charge in [0.25, 0.3) is 0 Å². The van der Waals surface area contributed by atoms with Crippen molar-refractivity contribution in [2.24, 2.45) is 0 Å². The lowest BCUT2D eigenvalue weighted by Gasteiger charge is -2.36. The summed E-state index contributed by atoms with van der Waals surface area (Å²) < 4.78 is 7.50. The molecule has 1 aliphatic rings. The fourth-order valence-electron chi connectivity index (χ4n) is 2.85. The highest BCUT2D eigenvalue weighted by atomic mass is 32.1. The zero-order valence-electron chi connectivity index (χ0n) is 13.1. The molecule has 1 fully saturated rings. The van der Waals surface area contributed by atoms with Crippen LogP contribution in [-0.2, 0) is 11.3 Å². The fraction of sp³-hybridized carbons (Fsp3) is 0.562. The number of hydrogen-bond acceptors (Lipinski definition) is 5. The molecule has 5 nitrogen and oxygen atoms in total. The van der Waals surface area contributed by atoms with Crippen LogP contribution in [0.2, 0.25) is 0 Å². The van der Waals surface area contributed by atoms with Gasteiger partial charge in [-0.05, 0) is 24.6 Å². The molecule has 1 saturated heterocycles. The third kappa shape index (κ3) is 4.16. The van der Waals surface area contributed by atoms with Gasteiger partial charge in [0.05, 0.1) is 25.8 Å². The highest BCUT2D eigenvalue weighted by Crippen LogP contribution is 2.26. The van der Waals surface area contributed by atoms with Gasteiger partial charge in [0.2, 0.25) is 0 Å². The van der Waals surface area contributed by atoms with E-state index < -0.39 is 0 Å². The van der Waals surface area contributed by atoms with Gasteiger partial charge in [-0.1, -0.05) is 6.07 Å². The van der Waals surface area contributed by atoms with Crippen LogP contribution >= 0.6 is 11.3 Å². The van der Waals surface area contributed by atoms with Crippen LogP contribution in [0.5, 0.6) is 0 Å². The zero-order chi connectivity index (χ0) is 15.2. The number of morpholine rings is 1. The van der Waals surface area contributed by atoms with Gasteiger partial charge in [0, 0.05) is 43.4 Å². The Hall–Kier alpha value is -1.21. The van der Waals surface area contributed by atoms with E-state index >= 15 is 0 Å². The minimum atomic E-state index is 0.464. The molecule has 3 rings (SSSR count). The number of aromatic nitrogens is 2. The first kappa shape index (κ1) is 15.7. The first-order valence-electron chi connectivity index (χ1n) is 7.84. The molecule has 1 atom stereocenters. The van der Waals surface area contributed by atoms with Crippen LogP contribution < -0.4 is 0 Å². The predicted molar refractivity (Wildman–Crippen MR) is 89.2 cm³/mol. The largest absolute Gasteiger partial charge is 0.379 e. The summed E-state index contributed by atoms with van der Waals surface area (Å²) in [6.45, 7) is 6.72. The second-order valence-electron chi connectivity index (χ2n) is 5.71. The second-order valence-corrected chi connectivity index (χ2v) is 6.69. The van der Waals surface area contributed by atoms with Gasteiger partial charge < -0.3 is 9.64 Å². The molecule has 22 heavy (non-hydrogen) atoms. The zero-order valence-corrected chi connectivity index (χ0v) is 13.9. The fourth-order valence-corrected chi connectivity index (χ4v) is 3.70. The number of rotatable bonds is 7. The Bertz CT molecular complexity index is 522. The third-order valence-electron chi connectivity index (χ3n) is 4.11. The number of hydrogen-bond donors (Lipinski definition) is 0. The maximum absolute atomic E-state index is 5.51. The lowest BCUT2D eigenvalue weighted by molar-refractivity contribution is 0.00991. The van der Waals surface area contributed by atoms with E-state index in [-0.39, 0.29) is 0 Å². The van der Waals surface area contributed by atoms with E-state index in [2.05, 4.69) is 39.5 Å². The van der Waals surface area contributed by atoms with Gasteiger partial charge in [-0.3, -0.25) is 9.58 Å². The van der Waals surface area contributed by atoms with E-state index in [4.69, 9.17) is 4.74 Å². The molecular formula is C16H24N4OS. The normalized spacial score (nSPS) is 17.9. The van der Waals surface area contributed by atoms with Crippen LogP contribution in [0.15, 0.2) is 36.0 Å². The molecule has 0 N–H and O–H groups in total. The Morgan fingerprint density at radius 2 is 2.23 bits per heavy atom. The van der Waals surface area contributed by atoms with Crippen molar-refractivity contribution >= 4 is 11.3 Å². The molecule has 0 radical (unpaired) electrons. The highest BCUT2D eigenvalue weighted by Gasteiger charge is 2.24. The maximum Gasteiger partial charge on any atom is 0.0594 e. The van der Waals surface area contributed by atoms with Crippen LogP contribution in [0.25, 0.3) is 0 Å². The van der Waals surface area contributed by atoms with Crippen molar-refractivity contribution in [1.29, 1.82) is 0 Å². The molecule has 0 saturated carbocycles. The quantitative estimate of drug-likeness (QED) is 0.781. The average Bonchev–Trinajstić information content (AvgIpc) is 3.25. The van der Waals surface area contributed by atoms with Gasteiger partial charge in [-0.25, -0.2) is 0 Å². The maximum atomic E-state index is 5.51. The lowest BCUT2D eigenvalue weighted by Crippen LogP contribution is -2.43. The van der Waals surface area contributed by atoms with Crippen molar-refractivity contribution in [2.75, 3.05) is 46.4 Å². The SMILES string of the molecule is CN(CCn1cccn1)C[C@H](c1cccs1)N1CCOCC1. The molecule has 2 aromatic heterocycles. The smallest absolute Gasteiger partial charge is 0.0594 e. The molecule has 1 aliphatic heterocycles. The molecule has 6 heteroatoms. The summed E-state index contributed by atoms with van der Waals surface area (Å²) in [5.41, 5.74) is 0. The lowest BCUT2D eigenvalue weighted by atomic mass is 10.1. The second kappa shape index (κ2) is 7.87. The molecule has 3 heterocycles. The van der Waals surface area contributed by atoms with Crippen LogP contribution in [-0.4, -0.2) is 66.0 Å². The highest BCUT2D eigenvalue weighted by molar-refractivity contribution is 7.10. The van der Waals surface area contributed by atoms with Crippen molar-refractivity contribution in [3.05, 3.63) is 40.8 Å². The number of likely N-dealkylation sites (N-methyl/N-ethyl adjacent to an activating group) is 1. The monoisotopic (exact) mass is 320 g/mol. The molecular weight excluding hydrogens is 296 g/mol. The average molecular weight is 320 g/mol. The van der Waals surface area contributed by atoms with Crippen molar-refractivity contribution in [1.82, 2.24) is 19.6 Å².